The average molecular weight is 274 g/mol. The van der Waals surface area contributed by atoms with E-state index in [2.05, 4.69) is 28.4 Å². The Labute approximate surface area is 122 Å². The van der Waals surface area contributed by atoms with Crippen molar-refractivity contribution in [2.75, 3.05) is 33.3 Å². The molecule has 20 heavy (non-hydrogen) atoms. The van der Waals surface area contributed by atoms with Crippen molar-refractivity contribution in [3.63, 3.8) is 0 Å². The lowest BCUT2D eigenvalue weighted by Crippen LogP contribution is -2.22. The van der Waals surface area contributed by atoms with Gasteiger partial charge in [-0.15, -0.1) is 0 Å². The molecule has 1 N–H and O–H groups in total. The summed E-state index contributed by atoms with van der Waals surface area (Å²) in [6.07, 6.45) is 6.22. The Balaban J connectivity index is 1.52. The SMILES string of the molecule is CNC1CCc2c(OCCCN3CCCC3)cccc21. The molecular formula is C17H26N2O. The molecule has 0 radical (unpaired) electrons. The third kappa shape index (κ3) is 2.99. The van der Waals surface area contributed by atoms with Gasteiger partial charge in [-0.25, -0.2) is 0 Å². The van der Waals surface area contributed by atoms with Crippen molar-refractivity contribution in [3.05, 3.63) is 29.3 Å². The van der Waals surface area contributed by atoms with E-state index >= 15 is 0 Å². The minimum Gasteiger partial charge on any atom is -0.493 e. The number of nitrogens with one attached hydrogen (secondary N) is 1. The number of hydrogen-bond donors (Lipinski definition) is 1. The predicted molar refractivity (Wildman–Crippen MR) is 82.3 cm³/mol. The molecule has 1 saturated heterocycles. The Morgan fingerprint density at radius 1 is 1.30 bits per heavy atom. The highest BCUT2D eigenvalue weighted by atomic mass is 16.5. The maximum atomic E-state index is 6.05. The molecule has 1 fully saturated rings. The van der Waals surface area contributed by atoms with Crippen LogP contribution in [0.3, 0.4) is 0 Å². The molecule has 1 unspecified atom stereocenters. The van der Waals surface area contributed by atoms with Gasteiger partial charge in [-0.1, -0.05) is 12.1 Å². The van der Waals surface area contributed by atoms with Gasteiger partial charge in [0.15, 0.2) is 0 Å². The average Bonchev–Trinajstić information content (AvgIpc) is 3.12. The normalized spacial score (nSPS) is 22.1. The van der Waals surface area contributed by atoms with Crippen LogP contribution in [0.4, 0.5) is 0 Å². The van der Waals surface area contributed by atoms with E-state index in [9.17, 15) is 0 Å². The van der Waals surface area contributed by atoms with Gasteiger partial charge in [0.2, 0.25) is 0 Å². The maximum absolute atomic E-state index is 6.05. The van der Waals surface area contributed by atoms with Crippen LogP contribution in [0, 0.1) is 0 Å². The molecule has 1 aliphatic carbocycles. The number of nitrogens with zero attached hydrogens (tertiary/aromatic N) is 1. The Morgan fingerprint density at radius 3 is 2.95 bits per heavy atom. The zero-order valence-electron chi connectivity index (χ0n) is 12.5. The molecule has 110 valence electrons. The van der Waals surface area contributed by atoms with Gasteiger partial charge in [-0.2, -0.15) is 0 Å². The summed E-state index contributed by atoms with van der Waals surface area (Å²) in [6, 6.07) is 7.01. The fourth-order valence-electron chi connectivity index (χ4n) is 3.53. The first-order chi connectivity index (χ1) is 9.88. The molecule has 3 rings (SSSR count). The van der Waals surface area contributed by atoms with Crippen LogP contribution >= 0.6 is 0 Å². The standard InChI is InChI=1S/C17H26N2O/c1-18-16-9-8-15-14(16)6-4-7-17(15)20-13-5-12-19-10-2-3-11-19/h4,6-7,16,18H,2-3,5,8-13H2,1H3. The molecule has 1 atom stereocenters. The molecule has 0 bridgehead atoms. The second kappa shape index (κ2) is 6.59. The minimum absolute atomic E-state index is 0.512. The third-order valence-corrected chi connectivity index (χ3v) is 4.65. The Hall–Kier alpha value is -1.06. The summed E-state index contributed by atoms with van der Waals surface area (Å²) in [5.41, 5.74) is 2.86. The van der Waals surface area contributed by atoms with Crippen molar-refractivity contribution in [1.29, 1.82) is 0 Å². The van der Waals surface area contributed by atoms with Gasteiger partial charge in [0.1, 0.15) is 5.75 Å². The zero-order valence-corrected chi connectivity index (χ0v) is 12.5. The topological polar surface area (TPSA) is 24.5 Å². The van der Waals surface area contributed by atoms with Crippen molar-refractivity contribution in [2.24, 2.45) is 0 Å². The van der Waals surface area contributed by atoms with E-state index in [1.807, 2.05) is 7.05 Å². The lowest BCUT2D eigenvalue weighted by Gasteiger charge is -2.16. The molecule has 3 nitrogen and oxygen atoms in total. The Kier molecular flexibility index (Phi) is 4.58. The first-order valence-corrected chi connectivity index (χ1v) is 8.02. The molecule has 2 aliphatic rings. The lowest BCUT2D eigenvalue weighted by molar-refractivity contribution is 0.262. The molecule has 0 aromatic heterocycles. The molecule has 1 aromatic carbocycles. The van der Waals surface area contributed by atoms with Crippen molar-refractivity contribution in [2.45, 2.75) is 38.1 Å². The largest absolute Gasteiger partial charge is 0.493 e. The highest BCUT2D eigenvalue weighted by Gasteiger charge is 2.23. The summed E-state index contributed by atoms with van der Waals surface area (Å²) in [6.45, 7) is 4.60. The summed E-state index contributed by atoms with van der Waals surface area (Å²) < 4.78 is 6.05. The first kappa shape index (κ1) is 13.9. The summed E-state index contributed by atoms with van der Waals surface area (Å²) in [5, 5.41) is 3.39. The van der Waals surface area contributed by atoms with E-state index in [4.69, 9.17) is 4.74 Å². The fraction of sp³-hybridized carbons (Fsp3) is 0.647. The van der Waals surface area contributed by atoms with E-state index in [-0.39, 0.29) is 0 Å². The van der Waals surface area contributed by atoms with Crippen LogP contribution in [0.1, 0.15) is 42.9 Å². The van der Waals surface area contributed by atoms with Gasteiger partial charge >= 0.3 is 0 Å². The summed E-state index contributed by atoms with van der Waals surface area (Å²) in [4.78, 5) is 2.55. The number of likely N-dealkylation sites (tertiary alicyclic amines) is 1. The fourth-order valence-corrected chi connectivity index (χ4v) is 3.53. The Bertz CT molecular complexity index is 441. The van der Waals surface area contributed by atoms with Gasteiger partial charge in [0.25, 0.3) is 0 Å². The quantitative estimate of drug-likeness (QED) is 0.807. The van der Waals surface area contributed by atoms with E-state index in [1.54, 1.807) is 0 Å². The number of rotatable bonds is 6. The number of ether oxygens (including phenoxy) is 1. The van der Waals surface area contributed by atoms with Crippen molar-refractivity contribution in [1.82, 2.24) is 10.2 Å². The zero-order chi connectivity index (χ0) is 13.8. The van der Waals surface area contributed by atoms with E-state index in [0.717, 1.165) is 25.2 Å². The van der Waals surface area contributed by atoms with Crippen LogP contribution in [0.15, 0.2) is 18.2 Å². The van der Waals surface area contributed by atoms with Crippen molar-refractivity contribution in [3.8, 4) is 5.75 Å². The van der Waals surface area contributed by atoms with Gasteiger partial charge in [-0.3, -0.25) is 0 Å². The molecule has 1 aliphatic heterocycles. The van der Waals surface area contributed by atoms with Crippen molar-refractivity contribution < 1.29 is 4.74 Å². The van der Waals surface area contributed by atoms with Gasteiger partial charge in [-0.05, 0) is 69.4 Å². The molecule has 0 amide bonds. The maximum Gasteiger partial charge on any atom is 0.122 e. The smallest absolute Gasteiger partial charge is 0.122 e. The highest BCUT2D eigenvalue weighted by molar-refractivity contribution is 5.45. The minimum atomic E-state index is 0.512. The van der Waals surface area contributed by atoms with E-state index < -0.39 is 0 Å². The molecule has 1 heterocycles. The van der Waals surface area contributed by atoms with Crippen molar-refractivity contribution >= 4 is 0 Å². The molecule has 1 aromatic rings. The summed E-state index contributed by atoms with van der Waals surface area (Å²) in [7, 11) is 2.04. The van der Waals surface area contributed by atoms with Gasteiger partial charge < -0.3 is 15.0 Å². The molecule has 0 spiro atoms. The molecule has 0 saturated carbocycles. The summed E-state index contributed by atoms with van der Waals surface area (Å²) >= 11 is 0. The third-order valence-electron chi connectivity index (χ3n) is 4.65. The lowest BCUT2D eigenvalue weighted by atomic mass is 10.1. The number of benzene rings is 1. The summed E-state index contributed by atoms with van der Waals surface area (Å²) in [5.74, 6) is 1.11. The van der Waals surface area contributed by atoms with Gasteiger partial charge in [0.05, 0.1) is 6.61 Å². The number of fused-ring (bicyclic) bond motifs is 1. The van der Waals surface area contributed by atoms with Crippen LogP contribution < -0.4 is 10.1 Å². The molecule has 3 heteroatoms. The Morgan fingerprint density at radius 2 is 2.15 bits per heavy atom. The van der Waals surface area contributed by atoms with E-state index in [1.165, 1.54) is 50.0 Å². The van der Waals surface area contributed by atoms with Crippen LogP contribution in [0.5, 0.6) is 5.75 Å². The monoisotopic (exact) mass is 274 g/mol. The van der Waals surface area contributed by atoms with E-state index in [0.29, 0.717) is 6.04 Å². The number of hydrogen-bond acceptors (Lipinski definition) is 3. The van der Waals surface area contributed by atoms with Crippen LogP contribution in [0.2, 0.25) is 0 Å². The van der Waals surface area contributed by atoms with Gasteiger partial charge in [0, 0.05) is 12.6 Å². The predicted octanol–water partition coefficient (Wildman–Crippen LogP) is 2.76. The van der Waals surface area contributed by atoms with Crippen LogP contribution in [0.25, 0.3) is 0 Å². The second-order valence-electron chi connectivity index (χ2n) is 5.95. The van der Waals surface area contributed by atoms with Crippen LogP contribution in [-0.4, -0.2) is 38.2 Å². The second-order valence-corrected chi connectivity index (χ2v) is 5.95. The van der Waals surface area contributed by atoms with Crippen LogP contribution in [-0.2, 0) is 6.42 Å². The highest BCUT2D eigenvalue weighted by Crippen LogP contribution is 2.36. The first-order valence-electron chi connectivity index (χ1n) is 8.02. The molecular weight excluding hydrogens is 248 g/mol.